The highest BCUT2D eigenvalue weighted by atomic mass is 32.2. The Morgan fingerprint density at radius 1 is 1.21 bits per heavy atom. The first-order valence-electron chi connectivity index (χ1n) is 9.11. The Morgan fingerprint density at radius 3 is 2.66 bits per heavy atom. The van der Waals surface area contributed by atoms with E-state index in [2.05, 4.69) is 15.5 Å². The number of nitro groups is 1. The van der Waals surface area contributed by atoms with Crippen molar-refractivity contribution in [2.75, 3.05) is 5.75 Å². The second kappa shape index (κ2) is 9.33. The van der Waals surface area contributed by atoms with E-state index >= 15 is 0 Å². The molecule has 1 amide bonds. The first-order chi connectivity index (χ1) is 14.0. The number of benzene rings is 2. The number of aromatic nitrogens is 3. The number of nitrogens with zero attached hydrogens (tertiary/aromatic N) is 4. The van der Waals surface area contributed by atoms with E-state index in [-0.39, 0.29) is 17.3 Å². The lowest BCUT2D eigenvalue weighted by Crippen LogP contribution is -2.24. The van der Waals surface area contributed by atoms with Crippen LogP contribution in [0.2, 0.25) is 0 Å². The molecule has 0 radical (unpaired) electrons. The van der Waals surface area contributed by atoms with Crippen molar-refractivity contribution in [3.8, 4) is 11.4 Å². The number of hydrogen-bond acceptors (Lipinski definition) is 6. The third kappa shape index (κ3) is 5.20. The maximum absolute atomic E-state index is 12.2. The molecule has 1 heterocycles. The predicted molar refractivity (Wildman–Crippen MR) is 112 cm³/mol. The summed E-state index contributed by atoms with van der Waals surface area (Å²) in [6, 6.07) is 14.3. The van der Waals surface area contributed by atoms with Crippen LogP contribution in [0.4, 0.5) is 5.69 Å². The van der Waals surface area contributed by atoms with Gasteiger partial charge < -0.3 is 9.88 Å². The van der Waals surface area contributed by atoms with Crippen molar-refractivity contribution in [1.82, 2.24) is 20.1 Å². The minimum atomic E-state index is -0.440. The van der Waals surface area contributed by atoms with E-state index in [4.69, 9.17) is 0 Å². The predicted octanol–water partition coefficient (Wildman–Crippen LogP) is 3.59. The van der Waals surface area contributed by atoms with Gasteiger partial charge in [-0.05, 0) is 19.4 Å². The zero-order valence-corrected chi connectivity index (χ0v) is 17.0. The lowest BCUT2D eigenvalue weighted by atomic mass is 10.1. The van der Waals surface area contributed by atoms with E-state index in [1.54, 1.807) is 12.1 Å². The third-order valence-electron chi connectivity index (χ3n) is 4.29. The number of rotatable bonds is 8. The van der Waals surface area contributed by atoms with Crippen molar-refractivity contribution in [3.63, 3.8) is 0 Å². The van der Waals surface area contributed by atoms with E-state index in [9.17, 15) is 14.9 Å². The Hall–Kier alpha value is -3.20. The number of carbonyl (C=O) groups is 1. The standard InChI is InChI=1S/C20H21N5O3S/c1-3-24-19(16-5-4-6-17(11-16)25(27)28)22-23-20(24)29-13-18(26)21-12-15-9-7-14(2)8-10-15/h4-11H,3,12-13H2,1-2H3,(H,21,26). The molecule has 150 valence electrons. The highest BCUT2D eigenvalue weighted by Crippen LogP contribution is 2.26. The fourth-order valence-electron chi connectivity index (χ4n) is 2.74. The van der Waals surface area contributed by atoms with Crippen molar-refractivity contribution < 1.29 is 9.72 Å². The van der Waals surface area contributed by atoms with Crippen LogP contribution in [-0.2, 0) is 17.9 Å². The van der Waals surface area contributed by atoms with Crippen LogP contribution in [0, 0.1) is 17.0 Å². The van der Waals surface area contributed by atoms with Crippen molar-refractivity contribution in [1.29, 1.82) is 0 Å². The van der Waals surface area contributed by atoms with E-state index < -0.39 is 4.92 Å². The maximum atomic E-state index is 12.2. The fraction of sp³-hybridized carbons (Fsp3) is 0.250. The van der Waals surface area contributed by atoms with Crippen molar-refractivity contribution in [3.05, 3.63) is 69.8 Å². The Bertz CT molecular complexity index is 1020. The summed E-state index contributed by atoms with van der Waals surface area (Å²) >= 11 is 1.29. The largest absolute Gasteiger partial charge is 0.351 e. The molecule has 2 aromatic carbocycles. The molecule has 8 nitrogen and oxygen atoms in total. The van der Waals surface area contributed by atoms with E-state index in [0.29, 0.717) is 29.6 Å². The number of carbonyl (C=O) groups excluding carboxylic acids is 1. The summed E-state index contributed by atoms with van der Waals surface area (Å²) in [5, 5.41) is 22.8. The van der Waals surface area contributed by atoms with Gasteiger partial charge in [0.25, 0.3) is 5.69 Å². The summed E-state index contributed by atoms with van der Waals surface area (Å²) in [6.07, 6.45) is 0. The monoisotopic (exact) mass is 411 g/mol. The van der Waals surface area contributed by atoms with Crippen LogP contribution in [0.25, 0.3) is 11.4 Å². The zero-order chi connectivity index (χ0) is 20.8. The summed E-state index contributed by atoms with van der Waals surface area (Å²) in [6.45, 7) is 5.01. The number of amides is 1. The molecule has 29 heavy (non-hydrogen) atoms. The summed E-state index contributed by atoms with van der Waals surface area (Å²) < 4.78 is 1.84. The summed E-state index contributed by atoms with van der Waals surface area (Å²) in [5.74, 6) is 0.649. The quantitative estimate of drug-likeness (QED) is 0.345. The molecular formula is C20H21N5O3S. The molecule has 0 fully saturated rings. The van der Waals surface area contributed by atoms with E-state index in [0.717, 1.165) is 5.56 Å². The van der Waals surface area contributed by atoms with Crippen molar-refractivity contribution in [2.24, 2.45) is 0 Å². The van der Waals surface area contributed by atoms with E-state index in [1.807, 2.05) is 42.7 Å². The van der Waals surface area contributed by atoms with Crippen LogP contribution >= 0.6 is 11.8 Å². The molecule has 1 aromatic heterocycles. The van der Waals surface area contributed by atoms with Gasteiger partial charge in [0.15, 0.2) is 11.0 Å². The Kier molecular flexibility index (Phi) is 6.61. The van der Waals surface area contributed by atoms with Gasteiger partial charge in [-0.25, -0.2) is 0 Å². The molecule has 0 bridgehead atoms. The van der Waals surface area contributed by atoms with Crippen molar-refractivity contribution >= 4 is 23.4 Å². The number of hydrogen-bond donors (Lipinski definition) is 1. The Morgan fingerprint density at radius 2 is 1.97 bits per heavy atom. The van der Waals surface area contributed by atoms with Gasteiger partial charge in [-0.15, -0.1) is 10.2 Å². The van der Waals surface area contributed by atoms with Gasteiger partial charge in [0.2, 0.25) is 5.91 Å². The van der Waals surface area contributed by atoms with Gasteiger partial charge in [0, 0.05) is 30.8 Å². The van der Waals surface area contributed by atoms with E-state index in [1.165, 1.54) is 29.5 Å². The zero-order valence-electron chi connectivity index (χ0n) is 16.2. The molecule has 3 rings (SSSR count). The average molecular weight is 411 g/mol. The third-order valence-corrected chi connectivity index (χ3v) is 5.26. The number of aryl methyl sites for hydroxylation is 1. The second-order valence-corrected chi connectivity index (χ2v) is 7.35. The molecule has 1 N–H and O–H groups in total. The molecule has 0 unspecified atom stereocenters. The minimum absolute atomic E-state index is 0.00200. The topological polar surface area (TPSA) is 103 Å². The lowest BCUT2D eigenvalue weighted by Gasteiger charge is -2.08. The van der Waals surface area contributed by atoms with Crippen LogP contribution < -0.4 is 5.32 Å². The summed E-state index contributed by atoms with van der Waals surface area (Å²) in [7, 11) is 0. The Balaban J connectivity index is 1.64. The van der Waals surface area contributed by atoms with Crippen LogP contribution in [-0.4, -0.2) is 31.3 Å². The summed E-state index contributed by atoms with van der Waals surface area (Å²) in [5.41, 5.74) is 2.83. The van der Waals surface area contributed by atoms with Gasteiger partial charge in [-0.1, -0.05) is 53.7 Å². The number of nitro benzene ring substituents is 1. The number of nitrogens with one attached hydrogen (secondary N) is 1. The number of thioether (sulfide) groups is 1. The van der Waals surface area contributed by atoms with Gasteiger partial charge >= 0.3 is 0 Å². The molecule has 0 atom stereocenters. The van der Waals surface area contributed by atoms with Crippen LogP contribution in [0.5, 0.6) is 0 Å². The van der Waals surface area contributed by atoms with Gasteiger partial charge in [0.1, 0.15) is 0 Å². The summed E-state index contributed by atoms with van der Waals surface area (Å²) in [4.78, 5) is 22.8. The van der Waals surface area contributed by atoms with Crippen LogP contribution in [0.1, 0.15) is 18.1 Å². The first kappa shape index (κ1) is 20.5. The molecule has 0 spiro atoms. The molecule has 9 heteroatoms. The smallest absolute Gasteiger partial charge is 0.270 e. The van der Waals surface area contributed by atoms with Gasteiger partial charge in [-0.2, -0.15) is 0 Å². The minimum Gasteiger partial charge on any atom is -0.351 e. The highest BCUT2D eigenvalue weighted by Gasteiger charge is 2.16. The molecular weight excluding hydrogens is 390 g/mol. The van der Waals surface area contributed by atoms with Gasteiger partial charge in [0.05, 0.1) is 10.7 Å². The average Bonchev–Trinajstić information content (AvgIpc) is 3.15. The van der Waals surface area contributed by atoms with Crippen LogP contribution in [0.3, 0.4) is 0 Å². The SMILES string of the molecule is CCn1c(SCC(=O)NCc2ccc(C)cc2)nnc1-c1cccc([N+](=O)[O-])c1. The molecule has 0 saturated carbocycles. The maximum Gasteiger partial charge on any atom is 0.270 e. The van der Waals surface area contributed by atoms with Crippen LogP contribution in [0.15, 0.2) is 53.7 Å². The second-order valence-electron chi connectivity index (χ2n) is 6.41. The first-order valence-corrected chi connectivity index (χ1v) is 10.1. The molecule has 0 aliphatic rings. The molecule has 3 aromatic rings. The Labute approximate surface area is 172 Å². The number of non-ortho nitro benzene ring substituents is 1. The fourth-order valence-corrected chi connectivity index (χ4v) is 3.57. The normalized spacial score (nSPS) is 10.7. The molecule has 0 saturated heterocycles. The highest BCUT2D eigenvalue weighted by molar-refractivity contribution is 7.99. The molecule has 0 aliphatic carbocycles. The lowest BCUT2D eigenvalue weighted by molar-refractivity contribution is -0.384. The molecule has 0 aliphatic heterocycles. The van der Waals surface area contributed by atoms with Gasteiger partial charge in [-0.3, -0.25) is 14.9 Å². The van der Waals surface area contributed by atoms with Crippen molar-refractivity contribution in [2.45, 2.75) is 32.1 Å².